The van der Waals surface area contributed by atoms with Gasteiger partial charge in [0.1, 0.15) is 29.6 Å². The van der Waals surface area contributed by atoms with Gasteiger partial charge in [0, 0.05) is 5.56 Å². The van der Waals surface area contributed by atoms with Crippen molar-refractivity contribution >= 4 is 16.7 Å². The maximum atomic E-state index is 12.6. The third-order valence-corrected chi connectivity index (χ3v) is 6.82. The number of hydrogen-bond donors (Lipinski definition) is 0. The molecule has 5 nitrogen and oxygen atoms in total. The van der Waals surface area contributed by atoms with Crippen molar-refractivity contribution in [2.24, 2.45) is 0 Å². The predicted molar refractivity (Wildman–Crippen MR) is 139 cm³/mol. The molecule has 4 rings (SSSR count). The van der Waals surface area contributed by atoms with Gasteiger partial charge in [-0.1, -0.05) is 24.3 Å². The number of allylic oxidation sites excluding steroid dienone is 1. The van der Waals surface area contributed by atoms with Gasteiger partial charge in [0.2, 0.25) is 0 Å². The van der Waals surface area contributed by atoms with Crippen molar-refractivity contribution in [1.29, 1.82) is 0 Å². The number of hydrogen-bond acceptors (Lipinski definition) is 5. The molecule has 0 aromatic heterocycles. The van der Waals surface area contributed by atoms with E-state index in [1.807, 2.05) is 49.4 Å². The zero-order valence-corrected chi connectivity index (χ0v) is 21.5. The van der Waals surface area contributed by atoms with Gasteiger partial charge in [0.25, 0.3) is 0 Å². The van der Waals surface area contributed by atoms with Gasteiger partial charge < -0.3 is 18.9 Å². The van der Waals surface area contributed by atoms with Crippen molar-refractivity contribution in [3.8, 4) is 17.2 Å². The van der Waals surface area contributed by atoms with Crippen LogP contribution in [0, 0.1) is 20.8 Å². The average molecular weight is 475 g/mol. The van der Waals surface area contributed by atoms with Gasteiger partial charge in [0.15, 0.2) is 0 Å². The van der Waals surface area contributed by atoms with Crippen molar-refractivity contribution in [3.63, 3.8) is 0 Å². The summed E-state index contributed by atoms with van der Waals surface area (Å²) in [5, 5.41) is 2.12. The van der Waals surface area contributed by atoms with Crippen molar-refractivity contribution in [2.45, 2.75) is 60.0 Å². The first-order valence-electron chi connectivity index (χ1n) is 12.1. The maximum Gasteiger partial charge on any atom is 0.310 e. The summed E-state index contributed by atoms with van der Waals surface area (Å²) >= 11 is 0. The molecule has 3 aromatic carbocycles. The molecule has 5 heteroatoms. The highest BCUT2D eigenvalue weighted by Gasteiger charge is 2.25. The lowest BCUT2D eigenvalue weighted by molar-refractivity contribution is -0.142. The summed E-state index contributed by atoms with van der Waals surface area (Å²) in [6.07, 6.45) is 4.24. The highest BCUT2D eigenvalue weighted by molar-refractivity contribution is 5.85. The van der Waals surface area contributed by atoms with Crippen LogP contribution in [0.15, 0.2) is 48.2 Å². The maximum absolute atomic E-state index is 12.6. The molecular formula is C30H34O5. The summed E-state index contributed by atoms with van der Waals surface area (Å²) in [7, 11) is 1.65. The Hall–Kier alpha value is -3.47. The molecule has 0 saturated heterocycles. The highest BCUT2D eigenvalue weighted by Crippen LogP contribution is 2.42. The molecule has 1 aliphatic rings. The van der Waals surface area contributed by atoms with Crippen LogP contribution < -0.4 is 14.2 Å². The number of benzene rings is 3. The summed E-state index contributed by atoms with van der Waals surface area (Å²) < 4.78 is 23.3. The Balaban J connectivity index is 1.42. The molecule has 0 aliphatic carbocycles. The Kier molecular flexibility index (Phi) is 7.34. The standard InChI is InChI=1S/C30H34O5/c1-7-25(35-29-19(3)20(4)30-27(21(29)5)13-8-18(2)34-30)17-33-28(31)15-22-9-10-24-16-26(32-6)12-11-23(24)14-22/h7,9-12,14,16,18H,8,13,15,17H2,1-6H3/b25-7+. The molecule has 0 radical (unpaired) electrons. The SMILES string of the molecule is C/C=C(\COC(=O)Cc1ccc2cc(OC)ccc2c1)Oc1c(C)c(C)c2c(c1C)CCC(C)O2. The molecular weight excluding hydrogens is 440 g/mol. The van der Waals surface area contributed by atoms with E-state index in [0.29, 0.717) is 5.76 Å². The van der Waals surface area contributed by atoms with Crippen LogP contribution in [-0.2, 0) is 22.4 Å². The van der Waals surface area contributed by atoms with Gasteiger partial charge in [0.05, 0.1) is 19.6 Å². The first-order valence-corrected chi connectivity index (χ1v) is 12.1. The summed E-state index contributed by atoms with van der Waals surface area (Å²) in [4.78, 5) is 12.6. The summed E-state index contributed by atoms with van der Waals surface area (Å²) in [6.45, 7) is 10.3. The van der Waals surface area contributed by atoms with E-state index in [1.54, 1.807) is 7.11 Å². The molecule has 0 spiro atoms. The number of ether oxygens (including phenoxy) is 4. The van der Waals surface area contributed by atoms with E-state index in [-0.39, 0.29) is 25.1 Å². The lowest BCUT2D eigenvalue weighted by Crippen LogP contribution is -2.21. The molecule has 1 aliphatic heterocycles. The van der Waals surface area contributed by atoms with Crippen molar-refractivity contribution in [2.75, 3.05) is 13.7 Å². The Morgan fingerprint density at radius 1 is 1.06 bits per heavy atom. The third-order valence-electron chi connectivity index (χ3n) is 6.82. The number of esters is 1. The van der Waals surface area contributed by atoms with Crippen LogP contribution in [0.3, 0.4) is 0 Å². The molecule has 35 heavy (non-hydrogen) atoms. The lowest BCUT2D eigenvalue weighted by Gasteiger charge is -2.29. The molecule has 0 saturated carbocycles. The van der Waals surface area contributed by atoms with Crippen LogP contribution in [0.1, 0.15) is 48.1 Å². The minimum absolute atomic E-state index is 0.0860. The van der Waals surface area contributed by atoms with Crippen LogP contribution in [0.5, 0.6) is 17.2 Å². The minimum atomic E-state index is -0.293. The monoisotopic (exact) mass is 474 g/mol. The van der Waals surface area contributed by atoms with Gasteiger partial charge in [-0.25, -0.2) is 0 Å². The zero-order valence-electron chi connectivity index (χ0n) is 21.5. The smallest absolute Gasteiger partial charge is 0.310 e. The van der Waals surface area contributed by atoms with Gasteiger partial charge in [-0.15, -0.1) is 0 Å². The Bertz CT molecular complexity index is 1290. The van der Waals surface area contributed by atoms with E-state index in [1.165, 1.54) is 5.56 Å². The number of methoxy groups -OCH3 is 1. The highest BCUT2D eigenvalue weighted by atomic mass is 16.6. The normalized spacial score (nSPS) is 15.4. The van der Waals surface area contributed by atoms with Crippen LogP contribution >= 0.6 is 0 Å². The van der Waals surface area contributed by atoms with Gasteiger partial charge in [-0.05, 0) is 98.7 Å². The first-order chi connectivity index (χ1) is 16.8. The number of carbonyl (C=O) groups is 1. The van der Waals surface area contributed by atoms with Gasteiger partial charge in [-0.2, -0.15) is 0 Å². The van der Waals surface area contributed by atoms with E-state index < -0.39 is 0 Å². The fourth-order valence-electron chi connectivity index (χ4n) is 4.56. The van der Waals surface area contributed by atoms with E-state index in [4.69, 9.17) is 18.9 Å². The summed E-state index contributed by atoms with van der Waals surface area (Å²) in [5.74, 6) is 2.95. The molecule has 3 aromatic rings. The average Bonchev–Trinajstić information content (AvgIpc) is 2.86. The molecule has 1 heterocycles. The molecule has 0 bridgehead atoms. The Labute approximate surface area is 207 Å². The number of fused-ring (bicyclic) bond motifs is 2. The van der Waals surface area contributed by atoms with Gasteiger partial charge >= 0.3 is 5.97 Å². The predicted octanol–water partition coefficient (Wildman–Crippen LogP) is 6.56. The van der Waals surface area contributed by atoms with Crippen LogP contribution in [-0.4, -0.2) is 25.8 Å². The molecule has 1 unspecified atom stereocenters. The van der Waals surface area contributed by atoms with Crippen molar-refractivity contribution in [3.05, 3.63) is 76.1 Å². The molecule has 184 valence electrons. The second kappa shape index (κ2) is 10.4. The van der Waals surface area contributed by atoms with E-state index in [9.17, 15) is 4.79 Å². The number of carbonyl (C=O) groups excluding carboxylic acids is 1. The van der Waals surface area contributed by atoms with E-state index in [2.05, 4.69) is 27.7 Å². The zero-order chi connectivity index (χ0) is 25.1. The molecule has 0 fully saturated rings. The lowest BCUT2D eigenvalue weighted by atomic mass is 9.92. The van der Waals surface area contributed by atoms with E-state index >= 15 is 0 Å². The molecule has 1 atom stereocenters. The van der Waals surface area contributed by atoms with Crippen molar-refractivity contribution < 1.29 is 23.7 Å². The Morgan fingerprint density at radius 3 is 2.54 bits per heavy atom. The quantitative estimate of drug-likeness (QED) is 0.287. The van der Waals surface area contributed by atoms with Gasteiger partial charge in [-0.3, -0.25) is 4.79 Å². The second-order valence-electron chi connectivity index (χ2n) is 9.22. The minimum Gasteiger partial charge on any atom is -0.497 e. The van der Waals surface area contributed by atoms with E-state index in [0.717, 1.165) is 63.1 Å². The topological polar surface area (TPSA) is 54.0 Å². The van der Waals surface area contributed by atoms with Crippen LogP contribution in [0.4, 0.5) is 0 Å². The second-order valence-corrected chi connectivity index (χ2v) is 9.22. The first kappa shape index (κ1) is 24.6. The summed E-state index contributed by atoms with van der Waals surface area (Å²) in [6, 6.07) is 11.8. The van der Waals surface area contributed by atoms with Crippen LogP contribution in [0.25, 0.3) is 10.8 Å². The molecule has 0 N–H and O–H groups in total. The fraction of sp³-hybridized carbons (Fsp3) is 0.367. The molecule has 0 amide bonds. The largest absolute Gasteiger partial charge is 0.497 e. The third kappa shape index (κ3) is 5.29. The summed E-state index contributed by atoms with van der Waals surface area (Å²) in [5.41, 5.74) is 5.36. The Morgan fingerprint density at radius 2 is 1.80 bits per heavy atom. The van der Waals surface area contributed by atoms with Crippen molar-refractivity contribution in [1.82, 2.24) is 0 Å². The van der Waals surface area contributed by atoms with Crippen LogP contribution in [0.2, 0.25) is 0 Å². The fourth-order valence-corrected chi connectivity index (χ4v) is 4.56. The number of rotatable bonds is 7.